The summed E-state index contributed by atoms with van der Waals surface area (Å²) in [6.07, 6.45) is -6.78. The van der Waals surface area contributed by atoms with E-state index in [9.17, 15) is 29.7 Å². The first-order valence-corrected chi connectivity index (χ1v) is 6.44. The van der Waals surface area contributed by atoms with Crippen molar-refractivity contribution in [3.63, 3.8) is 0 Å². The average molecular weight is 316 g/mol. The molecule has 1 aliphatic rings. The van der Waals surface area contributed by atoms with Crippen molar-refractivity contribution in [3.05, 3.63) is 32.6 Å². The maximum absolute atomic E-state index is 11.8. The maximum atomic E-state index is 11.8. The minimum Gasteiger partial charge on any atom is -0.394 e. The summed E-state index contributed by atoms with van der Waals surface area (Å²) in [6, 6.07) is 0. The van der Waals surface area contributed by atoms with Gasteiger partial charge in [-0.2, -0.15) is 0 Å². The zero-order valence-electron chi connectivity index (χ0n) is 11.5. The molecule has 1 aromatic rings. The van der Waals surface area contributed by atoms with Crippen LogP contribution in [0.3, 0.4) is 0 Å². The maximum Gasteiger partial charge on any atom is 0.330 e. The molecule has 10 heteroatoms. The third-order valence-electron chi connectivity index (χ3n) is 3.49. The molecule has 0 radical (unpaired) electrons. The second-order valence-electron chi connectivity index (χ2n) is 4.98. The first-order valence-electron chi connectivity index (χ1n) is 6.44. The number of aromatic amines is 1. The van der Waals surface area contributed by atoms with Gasteiger partial charge in [0.15, 0.2) is 12.0 Å². The molecule has 0 spiro atoms. The molecule has 5 N–H and O–H groups in total. The van der Waals surface area contributed by atoms with Gasteiger partial charge in [0.2, 0.25) is 0 Å². The number of Topliss-reactive ketones (excluding diaryl/α,β-unsaturated/α-hetero) is 1. The van der Waals surface area contributed by atoms with E-state index in [1.54, 1.807) is 0 Å². The highest BCUT2D eigenvalue weighted by Gasteiger charge is 2.44. The van der Waals surface area contributed by atoms with E-state index >= 15 is 0 Å². The lowest BCUT2D eigenvalue weighted by Crippen LogP contribution is -2.58. The first-order chi connectivity index (χ1) is 10.3. The zero-order valence-corrected chi connectivity index (χ0v) is 11.5. The predicted octanol–water partition coefficient (Wildman–Crippen LogP) is -3.29. The number of aliphatic hydroxyl groups is 4. The second-order valence-corrected chi connectivity index (χ2v) is 4.98. The van der Waals surface area contributed by atoms with Crippen LogP contribution in [0.25, 0.3) is 0 Å². The Hall–Kier alpha value is -1.85. The SMILES string of the molecule is CC(=O)c1cn(C2OC(CO)C(O)C(O)C2O)c(=O)[nH]c1=O. The number of nitrogens with zero attached hydrogens (tertiary/aromatic N) is 1. The van der Waals surface area contributed by atoms with Crippen molar-refractivity contribution in [2.45, 2.75) is 37.6 Å². The van der Waals surface area contributed by atoms with Crippen LogP contribution in [0.1, 0.15) is 23.5 Å². The van der Waals surface area contributed by atoms with E-state index in [1.807, 2.05) is 4.98 Å². The van der Waals surface area contributed by atoms with E-state index in [0.717, 1.165) is 17.7 Å². The molecule has 5 atom stereocenters. The number of aromatic nitrogens is 2. The highest BCUT2D eigenvalue weighted by Crippen LogP contribution is 2.27. The number of aliphatic hydroxyl groups excluding tert-OH is 4. The minimum atomic E-state index is -1.71. The normalized spacial score (nSPS) is 32.0. The molecule has 0 aliphatic carbocycles. The van der Waals surface area contributed by atoms with Gasteiger partial charge in [0.25, 0.3) is 5.56 Å². The van der Waals surface area contributed by atoms with Gasteiger partial charge in [-0.1, -0.05) is 0 Å². The Morgan fingerprint density at radius 3 is 2.45 bits per heavy atom. The molecule has 5 unspecified atom stereocenters. The average Bonchev–Trinajstić information content (AvgIpc) is 2.46. The summed E-state index contributed by atoms with van der Waals surface area (Å²) < 4.78 is 5.91. The Bertz CT molecular complexity index is 678. The molecule has 0 bridgehead atoms. The fraction of sp³-hybridized carbons (Fsp3) is 0.583. The Kier molecular flexibility index (Phi) is 4.58. The lowest BCUT2D eigenvalue weighted by atomic mass is 9.98. The number of rotatable bonds is 3. The molecule has 2 rings (SSSR count). The van der Waals surface area contributed by atoms with E-state index in [1.165, 1.54) is 0 Å². The molecule has 1 fully saturated rings. The van der Waals surface area contributed by atoms with E-state index < -0.39 is 54.3 Å². The molecule has 0 aromatic carbocycles. The van der Waals surface area contributed by atoms with Crippen molar-refractivity contribution in [3.8, 4) is 0 Å². The third kappa shape index (κ3) is 2.74. The van der Waals surface area contributed by atoms with Crippen LogP contribution in [0, 0.1) is 0 Å². The minimum absolute atomic E-state index is 0.337. The number of ether oxygens (including phenoxy) is 1. The highest BCUT2D eigenvalue weighted by molar-refractivity contribution is 5.93. The van der Waals surface area contributed by atoms with Crippen LogP contribution in [0.4, 0.5) is 0 Å². The van der Waals surface area contributed by atoms with Gasteiger partial charge in [0.05, 0.1) is 12.2 Å². The lowest BCUT2D eigenvalue weighted by Gasteiger charge is -2.40. The van der Waals surface area contributed by atoms with Crippen molar-refractivity contribution in [2.24, 2.45) is 0 Å². The summed E-state index contributed by atoms with van der Waals surface area (Å²) in [5.41, 5.74) is -2.20. The van der Waals surface area contributed by atoms with E-state index in [0.29, 0.717) is 0 Å². The molecule has 22 heavy (non-hydrogen) atoms. The van der Waals surface area contributed by atoms with Gasteiger partial charge in [-0.3, -0.25) is 19.1 Å². The van der Waals surface area contributed by atoms with Crippen LogP contribution >= 0.6 is 0 Å². The Morgan fingerprint density at radius 2 is 1.91 bits per heavy atom. The van der Waals surface area contributed by atoms with Crippen LogP contribution in [0.2, 0.25) is 0 Å². The fourth-order valence-electron chi connectivity index (χ4n) is 2.24. The number of carbonyl (C=O) groups is 1. The van der Waals surface area contributed by atoms with Crippen molar-refractivity contribution < 1.29 is 30.0 Å². The molecule has 2 heterocycles. The van der Waals surface area contributed by atoms with Crippen LogP contribution < -0.4 is 11.2 Å². The fourth-order valence-corrected chi connectivity index (χ4v) is 2.24. The van der Waals surface area contributed by atoms with E-state index in [2.05, 4.69) is 0 Å². The van der Waals surface area contributed by atoms with Crippen LogP contribution in [0.5, 0.6) is 0 Å². The molecular weight excluding hydrogens is 300 g/mol. The van der Waals surface area contributed by atoms with Gasteiger partial charge in [-0.25, -0.2) is 4.79 Å². The van der Waals surface area contributed by atoms with Gasteiger partial charge in [0.1, 0.15) is 24.4 Å². The topological polar surface area (TPSA) is 162 Å². The number of hydrogen-bond donors (Lipinski definition) is 5. The zero-order chi connectivity index (χ0) is 16.6. The number of carbonyl (C=O) groups excluding carboxylic acids is 1. The molecule has 1 aliphatic heterocycles. The van der Waals surface area contributed by atoms with Crippen molar-refractivity contribution in [1.82, 2.24) is 9.55 Å². The summed E-state index contributed by atoms with van der Waals surface area (Å²) in [5, 5.41) is 38.4. The van der Waals surface area contributed by atoms with Crippen LogP contribution in [-0.4, -0.2) is 66.8 Å². The monoisotopic (exact) mass is 316 g/mol. The number of hydrogen-bond acceptors (Lipinski definition) is 8. The Morgan fingerprint density at radius 1 is 1.27 bits per heavy atom. The van der Waals surface area contributed by atoms with Crippen molar-refractivity contribution in [1.29, 1.82) is 0 Å². The van der Waals surface area contributed by atoms with Gasteiger partial charge in [-0.05, 0) is 6.92 Å². The predicted molar refractivity (Wildman–Crippen MR) is 70.3 cm³/mol. The molecule has 122 valence electrons. The molecule has 0 saturated carbocycles. The van der Waals surface area contributed by atoms with Gasteiger partial charge < -0.3 is 25.2 Å². The van der Waals surface area contributed by atoms with Crippen molar-refractivity contribution in [2.75, 3.05) is 6.61 Å². The first kappa shape index (κ1) is 16.5. The van der Waals surface area contributed by atoms with Crippen molar-refractivity contribution >= 4 is 5.78 Å². The summed E-state index contributed by atoms with van der Waals surface area (Å²) in [7, 11) is 0. The van der Waals surface area contributed by atoms with Crippen LogP contribution in [0.15, 0.2) is 15.8 Å². The summed E-state index contributed by atoms with van der Waals surface area (Å²) in [5.74, 6) is -0.611. The smallest absolute Gasteiger partial charge is 0.330 e. The molecule has 1 aromatic heterocycles. The number of ketones is 1. The molecule has 1 saturated heterocycles. The molecular formula is C12H16N2O8. The third-order valence-corrected chi connectivity index (χ3v) is 3.49. The molecule has 10 nitrogen and oxygen atoms in total. The summed E-state index contributed by atoms with van der Waals surface area (Å²) >= 11 is 0. The van der Waals surface area contributed by atoms with Gasteiger partial charge in [0, 0.05) is 6.20 Å². The molecule has 0 amide bonds. The van der Waals surface area contributed by atoms with Gasteiger partial charge in [-0.15, -0.1) is 0 Å². The lowest BCUT2D eigenvalue weighted by molar-refractivity contribution is -0.252. The summed E-state index contributed by atoms with van der Waals surface area (Å²) in [4.78, 5) is 36.6. The summed E-state index contributed by atoms with van der Waals surface area (Å²) in [6.45, 7) is 0.450. The van der Waals surface area contributed by atoms with E-state index in [4.69, 9.17) is 9.84 Å². The van der Waals surface area contributed by atoms with Gasteiger partial charge >= 0.3 is 5.69 Å². The Balaban J connectivity index is 2.50. The van der Waals surface area contributed by atoms with Crippen LogP contribution in [-0.2, 0) is 4.74 Å². The second kappa shape index (κ2) is 6.10. The largest absolute Gasteiger partial charge is 0.394 e. The standard InChI is InChI=1S/C12H16N2O8/c1-4(16)5-2-14(12(21)13-10(5)20)11-9(19)8(18)7(17)6(3-15)22-11/h2,6-9,11,15,17-19H,3H2,1H3,(H,13,20,21). The number of H-pyrrole nitrogens is 1. The highest BCUT2D eigenvalue weighted by atomic mass is 16.6. The Labute approximate surface area is 123 Å². The van der Waals surface area contributed by atoms with E-state index in [-0.39, 0.29) is 5.56 Å². The number of nitrogens with one attached hydrogen (secondary N) is 1. The quantitative estimate of drug-likeness (QED) is 0.362.